The average molecular weight is 218 g/mol. The molecule has 0 aromatic carbocycles. The summed E-state index contributed by atoms with van der Waals surface area (Å²) in [7, 11) is 1.53. The Bertz CT molecular complexity index is 503. The summed E-state index contributed by atoms with van der Waals surface area (Å²) in [6.07, 6.45) is 3.12. The van der Waals surface area contributed by atoms with Crippen LogP contribution >= 0.6 is 0 Å². The van der Waals surface area contributed by atoms with Crippen molar-refractivity contribution in [2.75, 3.05) is 12.8 Å². The van der Waals surface area contributed by atoms with Crippen LogP contribution in [0, 0.1) is 0 Å². The maximum atomic E-state index is 11.2. The third kappa shape index (κ3) is 1.83. The van der Waals surface area contributed by atoms with Gasteiger partial charge >= 0.3 is 0 Å². The third-order valence-corrected chi connectivity index (χ3v) is 1.95. The van der Waals surface area contributed by atoms with Gasteiger partial charge in [-0.3, -0.25) is 4.79 Å². The molecule has 3 N–H and O–H groups in total. The molecule has 0 unspecified atom stereocenters. The van der Waals surface area contributed by atoms with Crippen molar-refractivity contribution in [1.82, 2.24) is 25.3 Å². The van der Waals surface area contributed by atoms with E-state index in [-0.39, 0.29) is 11.6 Å². The first kappa shape index (κ1) is 10.1. The standard InChI is InChI=1S/C9H10N6O/c1-11-9(16)7-2-3-8(14-13-7)15-5-6(10)4-12-15/h2-5H,10H2,1H3,(H,11,16). The van der Waals surface area contributed by atoms with E-state index in [1.165, 1.54) is 17.9 Å². The minimum Gasteiger partial charge on any atom is -0.396 e. The van der Waals surface area contributed by atoms with Crippen molar-refractivity contribution in [3.63, 3.8) is 0 Å². The number of carbonyl (C=O) groups is 1. The second-order valence-electron chi connectivity index (χ2n) is 3.07. The minimum atomic E-state index is -0.279. The molecule has 7 heteroatoms. The van der Waals surface area contributed by atoms with Crippen molar-refractivity contribution >= 4 is 11.6 Å². The predicted molar refractivity (Wildman–Crippen MR) is 57.0 cm³/mol. The average Bonchev–Trinajstić information content (AvgIpc) is 2.75. The zero-order valence-corrected chi connectivity index (χ0v) is 8.58. The maximum absolute atomic E-state index is 11.2. The van der Waals surface area contributed by atoms with Gasteiger partial charge in [-0.15, -0.1) is 10.2 Å². The molecule has 2 aromatic heterocycles. The number of nitrogens with one attached hydrogen (secondary N) is 1. The van der Waals surface area contributed by atoms with Gasteiger partial charge in [-0.05, 0) is 12.1 Å². The molecular weight excluding hydrogens is 208 g/mol. The van der Waals surface area contributed by atoms with Gasteiger partial charge in [-0.25, -0.2) is 4.68 Å². The van der Waals surface area contributed by atoms with Crippen molar-refractivity contribution in [1.29, 1.82) is 0 Å². The molecule has 0 radical (unpaired) electrons. The number of amides is 1. The lowest BCUT2D eigenvalue weighted by molar-refractivity contribution is 0.0957. The van der Waals surface area contributed by atoms with Gasteiger partial charge in [-0.2, -0.15) is 5.10 Å². The highest BCUT2D eigenvalue weighted by atomic mass is 16.1. The van der Waals surface area contributed by atoms with Crippen LogP contribution in [-0.4, -0.2) is 32.9 Å². The van der Waals surface area contributed by atoms with E-state index in [9.17, 15) is 4.79 Å². The highest BCUT2D eigenvalue weighted by Gasteiger charge is 2.06. The minimum absolute atomic E-state index is 0.256. The third-order valence-electron chi connectivity index (χ3n) is 1.95. The fourth-order valence-corrected chi connectivity index (χ4v) is 1.16. The van der Waals surface area contributed by atoms with Crippen molar-refractivity contribution < 1.29 is 4.79 Å². The zero-order valence-electron chi connectivity index (χ0n) is 8.58. The van der Waals surface area contributed by atoms with Crippen molar-refractivity contribution in [3.8, 4) is 5.82 Å². The van der Waals surface area contributed by atoms with Gasteiger partial charge < -0.3 is 11.1 Å². The molecule has 0 atom stereocenters. The topological polar surface area (TPSA) is 98.7 Å². The first-order chi connectivity index (χ1) is 7.70. The van der Waals surface area contributed by atoms with Gasteiger partial charge in [0.2, 0.25) is 0 Å². The van der Waals surface area contributed by atoms with Gasteiger partial charge in [0, 0.05) is 7.05 Å². The number of carbonyl (C=O) groups excluding carboxylic acids is 1. The Kier molecular flexibility index (Phi) is 2.50. The SMILES string of the molecule is CNC(=O)c1ccc(-n2cc(N)cn2)nn1. The molecule has 1 amide bonds. The van der Waals surface area contributed by atoms with Gasteiger partial charge in [0.05, 0.1) is 18.1 Å². The van der Waals surface area contributed by atoms with E-state index >= 15 is 0 Å². The first-order valence-corrected chi connectivity index (χ1v) is 4.57. The van der Waals surface area contributed by atoms with Crippen LogP contribution in [0.2, 0.25) is 0 Å². The van der Waals surface area contributed by atoms with E-state index in [2.05, 4.69) is 20.6 Å². The molecule has 82 valence electrons. The summed E-state index contributed by atoms with van der Waals surface area (Å²) in [5.74, 6) is 0.225. The molecular formula is C9H10N6O. The quantitative estimate of drug-likeness (QED) is 0.714. The smallest absolute Gasteiger partial charge is 0.271 e. The van der Waals surface area contributed by atoms with Crippen LogP contribution in [0.25, 0.3) is 5.82 Å². The number of hydrogen-bond donors (Lipinski definition) is 2. The lowest BCUT2D eigenvalue weighted by Gasteiger charge is -2.00. The molecule has 0 bridgehead atoms. The molecule has 2 aromatic rings. The highest BCUT2D eigenvalue weighted by molar-refractivity contribution is 5.91. The monoisotopic (exact) mass is 218 g/mol. The van der Waals surface area contributed by atoms with Crippen molar-refractivity contribution in [3.05, 3.63) is 30.2 Å². The maximum Gasteiger partial charge on any atom is 0.271 e. The molecule has 0 aliphatic heterocycles. The molecule has 16 heavy (non-hydrogen) atoms. The number of anilines is 1. The van der Waals surface area contributed by atoms with E-state index in [1.54, 1.807) is 18.3 Å². The molecule has 2 heterocycles. The summed E-state index contributed by atoms with van der Waals surface area (Å²) in [5, 5.41) is 14.1. The molecule has 0 saturated heterocycles. The van der Waals surface area contributed by atoms with Crippen molar-refractivity contribution in [2.45, 2.75) is 0 Å². The summed E-state index contributed by atoms with van der Waals surface area (Å²) in [6.45, 7) is 0. The Morgan fingerprint density at radius 3 is 2.75 bits per heavy atom. The molecule has 2 rings (SSSR count). The Hall–Kier alpha value is -2.44. The van der Waals surface area contributed by atoms with E-state index in [1.807, 2.05) is 0 Å². The number of hydrogen-bond acceptors (Lipinski definition) is 5. The lowest BCUT2D eigenvalue weighted by Crippen LogP contribution is -2.19. The molecule has 0 aliphatic rings. The largest absolute Gasteiger partial charge is 0.396 e. The summed E-state index contributed by atoms with van der Waals surface area (Å²) < 4.78 is 1.48. The molecule has 0 fully saturated rings. The van der Waals surface area contributed by atoms with Crippen molar-refractivity contribution in [2.24, 2.45) is 0 Å². The van der Waals surface area contributed by atoms with Crippen LogP contribution in [0.5, 0.6) is 0 Å². The number of nitrogens with two attached hydrogens (primary N) is 1. The summed E-state index contributed by atoms with van der Waals surface area (Å²) in [6, 6.07) is 3.21. The van der Waals surface area contributed by atoms with Crippen LogP contribution in [0.1, 0.15) is 10.5 Å². The zero-order chi connectivity index (χ0) is 11.5. The number of aromatic nitrogens is 4. The Balaban J connectivity index is 2.29. The fraction of sp³-hybridized carbons (Fsp3) is 0.111. The fourth-order valence-electron chi connectivity index (χ4n) is 1.16. The molecule has 7 nitrogen and oxygen atoms in total. The number of rotatable bonds is 2. The molecule has 0 spiro atoms. The summed E-state index contributed by atoms with van der Waals surface area (Å²) >= 11 is 0. The van der Waals surface area contributed by atoms with Gasteiger partial charge in [-0.1, -0.05) is 0 Å². The second kappa shape index (κ2) is 3.97. The van der Waals surface area contributed by atoms with Crippen LogP contribution < -0.4 is 11.1 Å². The summed E-state index contributed by atoms with van der Waals surface area (Å²) in [4.78, 5) is 11.2. The second-order valence-corrected chi connectivity index (χ2v) is 3.07. The lowest BCUT2D eigenvalue weighted by atomic mass is 10.3. The van der Waals surface area contributed by atoms with E-state index in [0.29, 0.717) is 11.5 Å². The van der Waals surface area contributed by atoms with Gasteiger partial charge in [0.25, 0.3) is 5.91 Å². The van der Waals surface area contributed by atoms with Crippen LogP contribution in [0.3, 0.4) is 0 Å². The van der Waals surface area contributed by atoms with Crippen LogP contribution in [0.15, 0.2) is 24.5 Å². The summed E-state index contributed by atoms with van der Waals surface area (Å²) in [5.41, 5.74) is 6.31. The van der Waals surface area contributed by atoms with Gasteiger partial charge in [0.15, 0.2) is 11.5 Å². The predicted octanol–water partition coefficient (Wildman–Crippen LogP) is -0.396. The van der Waals surface area contributed by atoms with Crippen LogP contribution in [-0.2, 0) is 0 Å². The van der Waals surface area contributed by atoms with E-state index < -0.39 is 0 Å². The Morgan fingerprint density at radius 1 is 1.44 bits per heavy atom. The molecule has 0 aliphatic carbocycles. The van der Waals surface area contributed by atoms with E-state index in [4.69, 9.17) is 5.73 Å². The number of nitrogens with zero attached hydrogens (tertiary/aromatic N) is 4. The molecule has 0 saturated carbocycles. The highest BCUT2D eigenvalue weighted by Crippen LogP contribution is 2.05. The van der Waals surface area contributed by atoms with E-state index in [0.717, 1.165) is 0 Å². The first-order valence-electron chi connectivity index (χ1n) is 4.57. The Morgan fingerprint density at radius 2 is 2.25 bits per heavy atom. The normalized spacial score (nSPS) is 10.1. The van der Waals surface area contributed by atoms with Gasteiger partial charge in [0.1, 0.15) is 0 Å². The van der Waals surface area contributed by atoms with Crippen LogP contribution in [0.4, 0.5) is 5.69 Å². The number of nitrogen functional groups attached to an aromatic ring is 1. The Labute approximate surface area is 91.3 Å².